The van der Waals surface area contributed by atoms with Gasteiger partial charge in [0, 0.05) is 12.2 Å². The van der Waals surface area contributed by atoms with Gasteiger partial charge in [-0.05, 0) is 55.8 Å². The number of rotatable bonds is 4. The fraction of sp³-hybridized carbons (Fsp3) is 0.286. The van der Waals surface area contributed by atoms with Crippen LogP contribution in [0, 0.1) is 0 Å². The van der Waals surface area contributed by atoms with E-state index in [0.717, 1.165) is 12.2 Å². The molecule has 138 valence electrons. The molecule has 6 nitrogen and oxygen atoms in total. The van der Waals surface area contributed by atoms with Gasteiger partial charge in [-0.1, -0.05) is 30.7 Å². The van der Waals surface area contributed by atoms with E-state index >= 15 is 0 Å². The highest BCUT2D eigenvalue weighted by molar-refractivity contribution is 6.06. The van der Waals surface area contributed by atoms with Gasteiger partial charge in [-0.25, -0.2) is 9.97 Å². The first-order valence-electron chi connectivity index (χ1n) is 9.34. The molecule has 0 atom stereocenters. The number of anilines is 2. The van der Waals surface area contributed by atoms with Crippen LogP contribution < -0.4 is 11.1 Å². The van der Waals surface area contributed by atoms with Crippen LogP contribution in [0.3, 0.4) is 0 Å². The van der Waals surface area contributed by atoms with Crippen LogP contribution in [-0.2, 0) is 6.54 Å². The summed E-state index contributed by atoms with van der Waals surface area (Å²) in [6.07, 6.45) is 3.90. The van der Waals surface area contributed by atoms with Crippen LogP contribution in [0.2, 0.25) is 0 Å². The lowest BCUT2D eigenvalue weighted by Crippen LogP contribution is -2.29. The predicted octanol–water partition coefficient (Wildman–Crippen LogP) is 3.45. The molecule has 1 saturated heterocycles. The number of aromatic nitrogens is 2. The van der Waals surface area contributed by atoms with E-state index in [1.807, 2.05) is 36.4 Å². The van der Waals surface area contributed by atoms with Crippen LogP contribution in [0.15, 0.2) is 48.5 Å². The monoisotopic (exact) mass is 361 g/mol. The van der Waals surface area contributed by atoms with Gasteiger partial charge in [0.1, 0.15) is 0 Å². The van der Waals surface area contributed by atoms with Crippen molar-refractivity contribution in [3.05, 3.63) is 59.8 Å². The van der Waals surface area contributed by atoms with Crippen LogP contribution in [-0.4, -0.2) is 33.9 Å². The summed E-state index contributed by atoms with van der Waals surface area (Å²) in [5.74, 6) is -0.220. The number of amides is 1. The molecule has 0 unspecified atom stereocenters. The number of nitrogens with zero attached hydrogens (tertiary/aromatic N) is 3. The van der Waals surface area contributed by atoms with Crippen LogP contribution in [0.1, 0.15) is 35.3 Å². The maximum absolute atomic E-state index is 12.6. The topological polar surface area (TPSA) is 84.1 Å². The van der Waals surface area contributed by atoms with Crippen molar-refractivity contribution < 1.29 is 4.79 Å². The summed E-state index contributed by atoms with van der Waals surface area (Å²) in [5.41, 5.74) is 9.36. The van der Waals surface area contributed by atoms with E-state index in [2.05, 4.69) is 32.3 Å². The van der Waals surface area contributed by atoms with Gasteiger partial charge in [0.2, 0.25) is 0 Å². The van der Waals surface area contributed by atoms with Crippen molar-refractivity contribution in [1.29, 1.82) is 0 Å². The molecule has 27 heavy (non-hydrogen) atoms. The predicted molar refractivity (Wildman–Crippen MR) is 107 cm³/mol. The van der Waals surface area contributed by atoms with Gasteiger partial charge < -0.3 is 11.1 Å². The van der Waals surface area contributed by atoms with E-state index in [9.17, 15) is 4.79 Å². The maximum Gasteiger partial charge on any atom is 0.278 e. The Morgan fingerprint density at radius 1 is 0.963 bits per heavy atom. The first kappa shape index (κ1) is 17.4. The normalized spacial score (nSPS) is 15.0. The summed E-state index contributed by atoms with van der Waals surface area (Å²) in [5, 5.41) is 2.86. The fourth-order valence-corrected chi connectivity index (χ4v) is 3.44. The van der Waals surface area contributed by atoms with Crippen molar-refractivity contribution in [1.82, 2.24) is 14.9 Å². The Morgan fingerprint density at radius 3 is 2.33 bits per heavy atom. The standard InChI is InChI=1S/C21H23N5O/c22-20-19(24-17-6-2-3-7-18(17)25-20)21(27)23-16-10-8-15(9-11-16)14-26-12-4-1-5-13-26/h2-3,6-11H,1,4-5,12-14H2,(H2,22,25)(H,23,27). The zero-order valence-electron chi connectivity index (χ0n) is 15.2. The summed E-state index contributed by atoms with van der Waals surface area (Å²) in [7, 11) is 0. The number of hydrogen-bond acceptors (Lipinski definition) is 5. The second-order valence-corrected chi connectivity index (χ2v) is 6.93. The number of piperidine rings is 1. The summed E-state index contributed by atoms with van der Waals surface area (Å²) in [6, 6.07) is 15.3. The van der Waals surface area contributed by atoms with Crippen LogP contribution in [0.25, 0.3) is 11.0 Å². The molecule has 6 heteroatoms. The molecule has 0 spiro atoms. The number of nitrogen functional groups attached to an aromatic ring is 1. The Labute approximate surface area is 158 Å². The Morgan fingerprint density at radius 2 is 1.63 bits per heavy atom. The number of hydrogen-bond donors (Lipinski definition) is 2. The van der Waals surface area contributed by atoms with Crippen molar-refractivity contribution in [2.75, 3.05) is 24.1 Å². The third-order valence-corrected chi connectivity index (χ3v) is 4.88. The van der Waals surface area contributed by atoms with Gasteiger partial charge in [-0.3, -0.25) is 9.69 Å². The fourth-order valence-electron chi connectivity index (χ4n) is 3.44. The van der Waals surface area contributed by atoms with Crippen LogP contribution >= 0.6 is 0 Å². The quantitative estimate of drug-likeness (QED) is 0.743. The molecule has 1 fully saturated rings. The molecular weight excluding hydrogens is 338 g/mol. The maximum atomic E-state index is 12.6. The van der Waals surface area contributed by atoms with Gasteiger partial charge in [-0.15, -0.1) is 0 Å². The van der Waals surface area contributed by atoms with E-state index in [-0.39, 0.29) is 17.4 Å². The number of carbonyl (C=O) groups excluding carboxylic acids is 1. The first-order chi connectivity index (χ1) is 13.2. The zero-order valence-corrected chi connectivity index (χ0v) is 15.2. The van der Waals surface area contributed by atoms with E-state index in [4.69, 9.17) is 5.73 Å². The molecule has 2 heterocycles. The molecule has 0 aliphatic carbocycles. The molecule has 2 aromatic carbocycles. The molecule has 0 bridgehead atoms. The zero-order chi connectivity index (χ0) is 18.6. The summed E-state index contributed by atoms with van der Waals surface area (Å²) >= 11 is 0. The molecule has 1 amide bonds. The smallest absolute Gasteiger partial charge is 0.278 e. The molecule has 0 saturated carbocycles. The van der Waals surface area contributed by atoms with Gasteiger partial charge >= 0.3 is 0 Å². The van der Waals surface area contributed by atoms with Gasteiger partial charge in [-0.2, -0.15) is 0 Å². The molecular formula is C21H23N5O. The number of nitrogens with two attached hydrogens (primary N) is 1. The Balaban J connectivity index is 1.45. The molecule has 1 aliphatic rings. The third kappa shape index (κ3) is 4.06. The lowest BCUT2D eigenvalue weighted by Gasteiger charge is -2.26. The molecule has 3 N–H and O–H groups in total. The van der Waals surface area contributed by atoms with Gasteiger partial charge in [0.25, 0.3) is 5.91 Å². The number of likely N-dealkylation sites (tertiary alicyclic amines) is 1. The van der Waals surface area contributed by atoms with Crippen molar-refractivity contribution >= 4 is 28.4 Å². The molecule has 0 radical (unpaired) electrons. The third-order valence-electron chi connectivity index (χ3n) is 4.88. The molecule has 4 rings (SSSR count). The van der Waals surface area contributed by atoms with E-state index in [1.165, 1.54) is 37.9 Å². The van der Waals surface area contributed by atoms with Crippen molar-refractivity contribution in [2.24, 2.45) is 0 Å². The highest BCUT2D eigenvalue weighted by atomic mass is 16.1. The van der Waals surface area contributed by atoms with Crippen LogP contribution in [0.5, 0.6) is 0 Å². The van der Waals surface area contributed by atoms with Crippen molar-refractivity contribution in [3.63, 3.8) is 0 Å². The van der Waals surface area contributed by atoms with Crippen molar-refractivity contribution in [2.45, 2.75) is 25.8 Å². The number of benzene rings is 2. The number of carbonyl (C=O) groups is 1. The lowest BCUT2D eigenvalue weighted by atomic mass is 10.1. The number of fused-ring (bicyclic) bond motifs is 1. The minimum atomic E-state index is -0.352. The largest absolute Gasteiger partial charge is 0.382 e. The Hall–Kier alpha value is -2.99. The number of nitrogens with one attached hydrogen (secondary N) is 1. The minimum Gasteiger partial charge on any atom is -0.382 e. The highest BCUT2D eigenvalue weighted by Crippen LogP contribution is 2.18. The van der Waals surface area contributed by atoms with E-state index < -0.39 is 0 Å². The first-order valence-corrected chi connectivity index (χ1v) is 9.34. The minimum absolute atomic E-state index is 0.132. The highest BCUT2D eigenvalue weighted by Gasteiger charge is 2.15. The average molecular weight is 361 g/mol. The molecule has 1 aliphatic heterocycles. The van der Waals surface area contributed by atoms with Gasteiger partial charge in [0.05, 0.1) is 11.0 Å². The summed E-state index contributed by atoms with van der Waals surface area (Å²) in [6.45, 7) is 3.29. The summed E-state index contributed by atoms with van der Waals surface area (Å²) in [4.78, 5) is 23.7. The summed E-state index contributed by atoms with van der Waals surface area (Å²) < 4.78 is 0. The SMILES string of the molecule is Nc1nc2ccccc2nc1C(=O)Nc1ccc(CN2CCCCC2)cc1. The number of para-hydroxylation sites is 2. The van der Waals surface area contributed by atoms with E-state index in [1.54, 1.807) is 0 Å². The van der Waals surface area contributed by atoms with Crippen LogP contribution in [0.4, 0.5) is 11.5 Å². The van der Waals surface area contributed by atoms with Gasteiger partial charge in [0.15, 0.2) is 11.5 Å². The Kier molecular flexibility index (Phi) is 4.98. The van der Waals surface area contributed by atoms with Crippen molar-refractivity contribution in [3.8, 4) is 0 Å². The second-order valence-electron chi connectivity index (χ2n) is 6.93. The molecule has 3 aromatic rings. The second kappa shape index (κ2) is 7.72. The lowest BCUT2D eigenvalue weighted by molar-refractivity contribution is 0.102. The molecule has 1 aromatic heterocycles. The van der Waals surface area contributed by atoms with E-state index in [0.29, 0.717) is 11.0 Å². The average Bonchev–Trinajstić information content (AvgIpc) is 2.69. The Bertz CT molecular complexity index is 948.